The smallest absolute Gasteiger partial charge is 0.232 e. The average Bonchev–Trinajstić information content (AvgIpc) is 3.02. The van der Waals surface area contributed by atoms with Crippen LogP contribution in [0.25, 0.3) is 0 Å². The number of rotatable bonds is 5. The minimum atomic E-state index is -0.123. The first-order chi connectivity index (χ1) is 11.4. The summed E-state index contributed by atoms with van der Waals surface area (Å²) in [6.07, 6.45) is 7.76. The molecule has 7 heteroatoms. The number of aliphatic imine (C=N–C) groups is 1. The fourth-order valence-electron chi connectivity index (χ4n) is 3.18. The molecule has 0 amide bonds. The zero-order valence-electron chi connectivity index (χ0n) is 16.3. The van der Waals surface area contributed by atoms with Crippen molar-refractivity contribution < 1.29 is 4.52 Å². The molecule has 0 radical (unpaired) electrons. The van der Waals surface area contributed by atoms with E-state index in [0.29, 0.717) is 24.3 Å². The predicted molar refractivity (Wildman–Crippen MR) is 112 cm³/mol. The van der Waals surface area contributed by atoms with Crippen LogP contribution in [0, 0.1) is 5.92 Å². The molecule has 6 nitrogen and oxygen atoms in total. The highest BCUT2D eigenvalue weighted by molar-refractivity contribution is 14.0. The van der Waals surface area contributed by atoms with E-state index in [-0.39, 0.29) is 29.4 Å². The summed E-state index contributed by atoms with van der Waals surface area (Å²) in [6.45, 7) is 8.98. The Bertz CT molecular complexity index is 530. The van der Waals surface area contributed by atoms with Gasteiger partial charge in [0.05, 0.1) is 6.54 Å². The van der Waals surface area contributed by atoms with Crippen molar-refractivity contribution in [3.63, 3.8) is 0 Å². The molecule has 1 fully saturated rings. The van der Waals surface area contributed by atoms with Gasteiger partial charge in [0.1, 0.15) is 0 Å². The van der Waals surface area contributed by atoms with Gasteiger partial charge in [-0.25, -0.2) is 0 Å². The minimum Gasteiger partial charge on any atom is -0.354 e. The van der Waals surface area contributed by atoms with Gasteiger partial charge in [0.15, 0.2) is 11.8 Å². The van der Waals surface area contributed by atoms with Gasteiger partial charge in [-0.05, 0) is 31.6 Å². The number of hydrogen-bond acceptors (Lipinski definition) is 4. The van der Waals surface area contributed by atoms with Crippen LogP contribution in [0.2, 0.25) is 0 Å². The topological polar surface area (TPSA) is 75.3 Å². The van der Waals surface area contributed by atoms with Crippen molar-refractivity contribution in [2.45, 2.75) is 84.2 Å². The molecule has 144 valence electrons. The van der Waals surface area contributed by atoms with Crippen LogP contribution in [0.4, 0.5) is 0 Å². The van der Waals surface area contributed by atoms with E-state index in [4.69, 9.17) is 4.52 Å². The van der Waals surface area contributed by atoms with E-state index in [9.17, 15) is 0 Å². The van der Waals surface area contributed by atoms with Gasteiger partial charge in [-0.3, -0.25) is 4.99 Å². The van der Waals surface area contributed by atoms with Gasteiger partial charge in [0.2, 0.25) is 5.89 Å². The number of hydrogen-bond donors (Lipinski definition) is 2. The van der Waals surface area contributed by atoms with Crippen molar-refractivity contribution >= 4 is 29.9 Å². The lowest BCUT2D eigenvalue weighted by Gasteiger charge is -2.30. The van der Waals surface area contributed by atoms with Crippen LogP contribution in [0.15, 0.2) is 9.52 Å². The van der Waals surface area contributed by atoms with Gasteiger partial charge < -0.3 is 15.2 Å². The van der Waals surface area contributed by atoms with E-state index < -0.39 is 0 Å². The first-order valence-electron chi connectivity index (χ1n) is 9.22. The summed E-state index contributed by atoms with van der Waals surface area (Å²) in [4.78, 5) is 8.76. The molecule has 0 atom stereocenters. The molecule has 0 aromatic carbocycles. The van der Waals surface area contributed by atoms with Crippen molar-refractivity contribution in [3.05, 3.63) is 11.7 Å². The third-order valence-corrected chi connectivity index (χ3v) is 4.63. The van der Waals surface area contributed by atoms with Gasteiger partial charge in [-0.2, -0.15) is 4.98 Å². The largest absolute Gasteiger partial charge is 0.354 e. The van der Waals surface area contributed by atoms with E-state index in [1.54, 1.807) is 7.05 Å². The van der Waals surface area contributed by atoms with Crippen LogP contribution in [-0.2, 0) is 12.0 Å². The van der Waals surface area contributed by atoms with E-state index in [2.05, 4.69) is 53.5 Å². The summed E-state index contributed by atoms with van der Waals surface area (Å²) in [7, 11) is 1.80. The summed E-state index contributed by atoms with van der Waals surface area (Å²) in [5.41, 5.74) is -0.123. The van der Waals surface area contributed by atoms with Crippen molar-refractivity contribution in [2.24, 2.45) is 10.9 Å². The van der Waals surface area contributed by atoms with Crippen LogP contribution >= 0.6 is 24.0 Å². The Morgan fingerprint density at radius 2 is 1.92 bits per heavy atom. The molecule has 0 spiro atoms. The molecule has 1 aromatic rings. The minimum absolute atomic E-state index is 0. The van der Waals surface area contributed by atoms with Gasteiger partial charge in [0.25, 0.3) is 0 Å². The van der Waals surface area contributed by atoms with E-state index >= 15 is 0 Å². The van der Waals surface area contributed by atoms with Crippen molar-refractivity contribution in [1.82, 2.24) is 20.8 Å². The molecule has 2 rings (SSSR count). The van der Waals surface area contributed by atoms with Crippen LogP contribution < -0.4 is 10.6 Å². The first-order valence-corrected chi connectivity index (χ1v) is 9.22. The number of nitrogens with one attached hydrogen (secondary N) is 2. The highest BCUT2D eigenvalue weighted by Crippen LogP contribution is 2.27. The van der Waals surface area contributed by atoms with Gasteiger partial charge >= 0.3 is 0 Å². The first kappa shape index (κ1) is 22.2. The SMILES string of the molecule is CCCC1CCC(NC(=NC)NCc2noc(C(C)(C)C)n2)CC1.I. The Labute approximate surface area is 169 Å². The molecule has 0 aliphatic heterocycles. The normalized spacial score (nSPS) is 21.6. The van der Waals surface area contributed by atoms with Crippen molar-refractivity contribution in [2.75, 3.05) is 7.05 Å². The Hall–Kier alpha value is -0.860. The lowest BCUT2D eigenvalue weighted by atomic mass is 9.83. The molecule has 1 aromatic heterocycles. The molecule has 1 heterocycles. The van der Waals surface area contributed by atoms with Gasteiger partial charge in [-0.1, -0.05) is 45.7 Å². The summed E-state index contributed by atoms with van der Waals surface area (Å²) in [5.74, 6) is 3.06. The number of aromatic nitrogens is 2. The third-order valence-electron chi connectivity index (χ3n) is 4.63. The predicted octanol–water partition coefficient (Wildman–Crippen LogP) is 4.01. The standard InChI is InChI=1S/C18H33N5O.HI/c1-6-7-13-8-10-14(11-9-13)21-17(19-5)20-12-15-22-16(24-23-15)18(2,3)4;/h13-14H,6-12H2,1-5H3,(H2,19,20,21);1H. The zero-order chi connectivity index (χ0) is 17.6. The molecular weight excluding hydrogens is 429 g/mol. The fourth-order valence-corrected chi connectivity index (χ4v) is 3.18. The Kier molecular flexibility index (Phi) is 9.16. The fraction of sp³-hybridized carbons (Fsp3) is 0.833. The maximum Gasteiger partial charge on any atom is 0.232 e. The molecule has 1 saturated carbocycles. The second-order valence-corrected chi connectivity index (χ2v) is 7.84. The highest BCUT2D eigenvalue weighted by atomic mass is 127. The second kappa shape index (κ2) is 10.3. The molecule has 0 saturated heterocycles. The summed E-state index contributed by atoms with van der Waals surface area (Å²) in [5, 5.41) is 10.9. The molecule has 1 aliphatic carbocycles. The third kappa shape index (κ3) is 7.11. The summed E-state index contributed by atoms with van der Waals surface area (Å²) in [6, 6.07) is 0.514. The number of guanidine groups is 1. The molecule has 0 unspecified atom stereocenters. The van der Waals surface area contributed by atoms with Crippen molar-refractivity contribution in [1.29, 1.82) is 0 Å². The monoisotopic (exact) mass is 463 g/mol. The van der Waals surface area contributed by atoms with Crippen molar-refractivity contribution in [3.8, 4) is 0 Å². The molecule has 1 aliphatic rings. The molecule has 2 N–H and O–H groups in total. The van der Waals surface area contributed by atoms with Crippen LogP contribution in [0.3, 0.4) is 0 Å². The quantitative estimate of drug-likeness (QED) is 0.392. The van der Waals surface area contributed by atoms with E-state index in [1.807, 2.05) is 0 Å². The van der Waals surface area contributed by atoms with E-state index in [0.717, 1.165) is 11.9 Å². The molecule has 0 bridgehead atoms. The number of nitrogens with zero attached hydrogens (tertiary/aromatic N) is 3. The number of halogens is 1. The molecular formula is C18H34IN5O. The summed E-state index contributed by atoms with van der Waals surface area (Å²) >= 11 is 0. The highest BCUT2D eigenvalue weighted by Gasteiger charge is 2.23. The Balaban J connectivity index is 0.00000312. The van der Waals surface area contributed by atoms with E-state index in [1.165, 1.54) is 38.5 Å². The summed E-state index contributed by atoms with van der Waals surface area (Å²) < 4.78 is 5.32. The lowest BCUT2D eigenvalue weighted by Crippen LogP contribution is -2.44. The Morgan fingerprint density at radius 1 is 1.24 bits per heavy atom. The van der Waals surface area contributed by atoms with Crippen LogP contribution in [-0.4, -0.2) is 29.2 Å². The second-order valence-electron chi connectivity index (χ2n) is 7.84. The van der Waals surface area contributed by atoms with Crippen LogP contribution in [0.5, 0.6) is 0 Å². The van der Waals surface area contributed by atoms with Gasteiger partial charge in [-0.15, -0.1) is 24.0 Å². The lowest BCUT2D eigenvalue weighted by molar-refractivity contribution is 0.294. The van der Waals surface area contributed by atoms with Gasteiger partial charge in [0, 0.05) is 18.5 Å². The Morgan fingerprint density at radius 3 is 2.44 bits per heavy atom. The average molecular weight is 463 g/mol. The zero-order valence-corrected chi connectivity index (χ0v) is 18.6. The maximum atomic E-state index is 5.32. The molecule has 25 heavy (non-hydrogen) atoms. The maximum absolute atomic E-state index is 5.32. The van der Waals surface area contributed by atoms with Crippen LogP contribution in [0.1, 0.15) is 77.9 Å².